The van der Waals surface area contributed by atoms with Gasteiger partial charge in [0.2, 0.25) is 0 Å². The van der Waals surface area contributed by atoms with E-state index in [4.69, 9.17) is 0 Å². The number of amides is 1. The summed E-state index contributed by atoms with van der Waals surface area (Å²) in [5.41, 5.74) is 1.09. The summed E-state index contributed by atoms with van der Waals surface area (Å²) >= 11 is 1.44. The molecule has 0 aliphatic carbocycles. The Kier molecular flexibility index (Phi) is 5.01. The number of fused-ring (bicyclic) bond motifs is 1. The zero-order valence-corrected chi connectivity index (χ0v) is 15.5. The molecular formula is C17H22N2O3S2. The van der Waals surface area contributed by atoms with Gasteiger partial charge >= 0.3 is 0 Å². The van der Waals surface area contributed by atoms with Gasteiger partial charge in [0.25, 0.3) is 5.91 Å². The minimum absolute atomic E-state index is 0.0257. The van der Waals surface area contributed by atoms with Gasteiger partial charge in [-0.1, -0.05) is 55.9 Å². The Hall–Kier alpha value is -1.34. The Labute approximate surface area is 147 Å². The number of rotatable bonds is 4. The molecule has 0 N–H and O–H groups in total. The van der Waals surface area contributed by atoms with E-state index in [1.165, 1.54) is 11.8 Å². The van der Waals surface area contributed by atoms with Crippen molar-refractivity contribution in [3.05, 3.63) is 35.9 Å². The van der Waals surface area contributed by atoms with Crippen LogP contribution in [0.5, 0.6) is 0 Å². The van der Waals surface area contributed by atoms with Crippen LogP contribution in [0.2, 0.25) is 0 Å². The molecule has 0 saturated carbocycles. The molecular weight excluding hydrogens is 344 g/mol. The highest BCUT2D eigenvalue weighted by Crippen LogP contribution is 2.39. The Bertz CT molecular complexity index is 746. The number of hydrogen-bond donors (Lipinski definition) is 0. The van der Waals surface area contributed by atoms with Crippen molar-refractivity contribution in [3.8, 4) is 0 Å². The van der Waals surface area contributed by atoms with E-state index in [9.17, 15) is 13.2 Å². The van der Waals surface area contributed by atoms with Gasteiger partial charge in [-0.05, 0) is 12.0 Å². The van der Waals surface area contributed by atoms with Crippen LogP contribution in [-0.4, -0.2) is 47.2 Å². The van der Waals surface area contributed by atoms with Gasteiger partial charge in [-0.2, -0.15) is 4.99 Å². The molecule has 130 valence electrons. The first-order valence-electron chi connectivity index (χ1n) is 8.20. The first-order valence-corrected chi connectivity index (χ1v) is 10.9. The molecule has 2 fully saturated rings. The minimum atomic E-state index is -3.01. The van der Waals surface area contributed by atoms with E-state index in [0.29, 0.717) is 11.7 Å². The van der Waals surface area contributed by atoms with Gasteiger partial charge in [0, 0.05) is 17.7 Å². The number of carbonyl (C=O) groups is 1. The lowest BCUT2D eigenvalue weighted by atomic mass is 10.1. The van der Waals surface area contributed by atoms with Gasteiger partial charge in [0.1, 0.15) is 0 Å². The third-order valence-electron chi connectivity index (χ3n) is 4.61. The number of nitrogens with zero attached hydrogens (tertiary/aromatic N) is 2. The fourth-order valence-corrected chi connectivity index (χ4v) is 6.94. The summed E-state index contributed by atoms with van der Waals surface area (Å²) in [6.07, 6.45) is 0.750. The predicted molar refractivity (Wildman–Crippen MR) is 97.7 cm³/mol. The van der Waals surface area contributed by atoms with E-state index in [2.05, 4.69) is 4.99 Å². The van der Waals surface area contributed by atoms with E-state index in [0.717, 1.165) is 12.0 Å². The molecule has 2 aliphatic rings. The number of aliphatic imine (C=N–C) groups is 1. The molecule has 0 bridgehead atoms. The topological polar surface area (TPSA) is 66.8 Å². The largest absolute Gasteiger partial charge is 0.342 e. The van der Waals surface area contributed by atoms with Crippen LogP contribution in [0.25, 0.3) is 0 Å². The summed E-state index contributed by atoms with van der Waals surface area (Å²) in [4.78, 5) is 18.6. The lowest BCUT2D eigenvalue weighted by Crippen LogP contribution is -2.37. The van der Waals surface area contributed by atoms with Crippen LogP contribution in [0.1, 0.15) is 25.8 Å². The molecule has 3 rings (SSSR count). The van der Waals surface area contributed by atoms with Crippen molar-refractivity contribution < 1.29 is 13.2 Å². The van der Waals surface area contributed by atoms with E-state index in [1.54, 1.807) is 0 Å². The summed E-state index contributed by atoms with van der Waals surface area (Å²) in [7, 11) is -3.01. The first-order chi connectivity index (χ1) is 11.4. The maximum absolute atomic E-state index is 12.2. The zero-order chi connectivity index (χ0) is 17.3. The van der Waals surface area contributed by atoms with Crippen LogP contribution in [0.15, 0.2) is 35.3 Å². The van der Waals surface area contributed by atoms with E-state index in [-0.39, 0.29) is 34.6 Å². The number of carbonyl (C=O) groups excluding carboxylic acids is 1. The smallest absolute Gasteiger partial charge is 0.250 e. The zero-order valence-electron chi connectivity index (χ0n) is 13.9. The molecule has 1 aromatic rings. The number of sulfone groups is 1. The minimum Gasteiger partial charge on any atom is -0.342 e. The van der Waals surface area contributed by atoms with Gasteiger partial charge in [0.15, 0.2) is 15.0 Å². The molecule has 24 heavy (non-hydrogen) atoms. The molecule has 0 aromatic heterocycles. The quantitative estimate of drug-likeness (QED) is 0.818. The summed E-state index contributed by atoms with van der Waals surface area (Å²) in [5, 5.41) is 0.649. The average Bonchev–Trinajstić information content (AvgIpc) is 3.00. The molecule has 2 heterocycles. The number of hydrogen-bond acceptors (Lipinski definition) is 4. The molecule has 5 nitrogen and oxygen atoms in total. The van der Waals surface area contributed by atoms with E-state index in [1.807, 2.05) is 49.1 Å². The van der Waals surface area contributed by atoms with E-state index >= 15 is 0 Å². The second kappa shape index (κ2) is 6.88. The Balaban J connectivity index is 1.88. The van der Waals surface area contributed by atoms with Crippen molar-refractivity contribution in [1.29, 1.82) is 0 Å². The molecule has 1 aromatic carbocycles. The highest BCUT2D eigenvalue weighted by atomic mass is 32.2. The van der Waals surface area contributed by atoms with Gasteiger partial charge in [-0.3, -0.25) is 4.79 Å². The maximum Gasteiger partial charge on any atom is 0.250 e. The number of benzene rings is 1. The lowest BCUT2D eigenvalue weighted by molar-refractivity contribution is -0.121. The highest BCUT2D eigenvalue weighted by molar-refractivity contribution is 8.15. The molecule has 2 aliphatic heterocycles. The Morgan fingerprint density at radius 1 is 1.33 bits per heavy atom. The van der Waals surface area contributed by atoms with Crippen LogP contribution in [0.4, 0.5) is 0 Å². The first kappa shape index (κ1) is 17.5. The summed E-state index contributed by atoms with van der Waals surface area (Å²) < 4.78 is 24.0. The third kappa shape index (κ3) is 3.67. The lowest BCUT2D eigenvalue weighted by Gasteiger charge is -2.24. The standard InChI is InChI=1S/C17H22N2O3S2/c1-3-12(2)16(20)18-17-19(9-13-7-5-4-6-8-13)14-10-24(21,22)11-15(14)23-17/h4-8,12,14-15H,3,9-11H2,1-2H3. The van der Waals surface area contributed by atoms with Gasteiger partial charge < -0.3 is 4.90 Å². The third-order valence-corrected chi connectivity index (χ3v) is 7.86. The van der Waals surface area contributed by atoms with Crippen LogP contribution in [-0.2, 0) is 21.2 Å². The Morgan fingerprint density at radius 3 is 2.71 bits per heavy atom. The van der Waals surface area contributed by atoms with Crippen LogP contribution in [0, 0.1) is 5.92 Å². The van der Waals surface area contributed by atoms with Gasteiger partial charge in [-0.25, -0.2) is 8.42 Å². The average molecular weight is 367 g/mol. The van der Waals surface area contributed by atoms with Crippen molar-refractivity contribution >= 4 is 32.7 Å². The van der Waals surface area contributed by atoms with E-state index < -0.39 is 9.84 Å². The summed E-state index contributed by atoms with van der Waals surface area (Å²) in [5.74, 6) is 0.0832. The summed E-state index contributed by atoms with van der Waals surface area (Å²) in [6.45, 7) is 4.42. The van der Waals surface area contributed by atoms with Crippen molar-refractivity contribution in [3.63, 3.8) is 0 Å². The van der Waals surface area contributed by atoms with Crippen molar-refractivity contribution in [2.45, 2.75) is 38.1 Å². The van der Waals surface area contributed by atoms with Gasteiger partial charge in [-0.15, -0.1) is 0 Å². The Morgan fingerprint density at radius 2 is 2.04 bits per heavy atom. The van der Waals surface area contributed by atoms with Crippen LogP contribution < -0.4 is 0 Å². The van der Waals surface area contributed by atoms with Crippen LogP contribution >= 0.6 is 11.8 Å². The van der Waals surface area contributed by atoms with Crippen molar-refractivity contribution in [1.82, 2.24) is 4.90 Å². The normalized spacial score (nSPS) is 28.1. The van der Waals surface area contributed by atoms with Gasteiger partial charge in [0.05, 0.1) is 17.5 Å². The number of thioether (sulfide) groups is 1. The molecule has 0 spiro atoms. The monoisotopic (exact) mass is 366 g/mol. The second-order valence-corrected chi connectivity index (χ2v) is 9.82. The molecule has 3 unspecified atom stereocenters. The fourth-order valence-electron chi connectivity index (χ4n) is 2.98. The van der Waals surface area contributed by atoms with Crippen LogP contribution in [0.3, 0.4) is 0 Å². The molecule has 3 atom stereocenters. The molecule has 0 radical (unpaired) electrons. The second-order valence-electron chi connectivity index (χ2n) is 6.46. The van der Waals surface area contributed by atoms with Crippen molar-refractivity contribution in [2.75, 3.05) is 11.5 Å². The fraction of sp³-hybridized carbons (Fsp3) is 0.529. The molecule has 2 saturated heterocycles. The number of amidine groups is 1. The SMILES string of the molecule is CCC(C)C(=O)N=C1SC2CS(=O)(=O)CC2N1Cc1ccccc1. The molecule has 7 heteroatoms. The predicted octanol–water partition coefficient (Wildman–Crippen LogP) is 2.33. The van der Waals surface area contributed by atoms with Crippen molar-refractivity contribution in [2.24, 2.45) is 10.9 Å². The summed E-state index contributed by atoms with van der Waals surface area (Å²) in [6, 6.07) is 9.80. The molecule has 1 amide bonds. The maximum atomic E-state index is 12.2. The highest BCUT2D eigenvalue weighted by Gasteiger charge is 2.48.